The molecule has 0 aromatic heterocycles. The van der Waals surface area contributed by atoms with Crippen molar-refractivity contribution in [3.8, 4) is 11.1 Å². The first kappa shape index (κ1) is 39.7. The van der Waals surface area contributed by atoms with E-state index >= 15 is 0 Å². The number of nitrogens with zero attached hydrogens (tertiary/aromatic N) is 1. The minimum absolute atomic E-state index is 0.0880. The second kappa shape index (κ2) is 17.2. The van der Waals surface area contributed by atoms with Gasteiger partial charge in [-0.05, 0) is 47.4 Å². The molecule has 6 atom stereocenters. The van der Waals surface area contributed by atoms with E-state index < -0.39 is 53.0 Å². The fraction of sp³-hybridized carbons (Fsp3) is 0.279. The third-order valence-corrected chi connectivity index (χ3v) is 10.3. The van der Waals surface area contributed by atoms with Crippen LogP contribution in [0.5, 0.6) is 0 Å². The lowest BCUT2D eigenvalue weighted by Crippen LogP contribution is -2.46. The normalized spacial score (nSPS) is 19.6. The number of amides is 1. The van der Waals surface area contributed by atoms with E-state index in [4.69, 9.17) is 9.47 Å². The molecule has 0 spiro atoms. The van der Waals surface area contributed by atoms with Crippen LogP contribution in [0.25, 0.3) is 11.1 Å². The van der Waals surface area contributed by atoms with Gasteiger partial charge >= 0.3 is 0 Å². The molecule has 7 nitrogen and oxygen atoms in total. The zero-order valence-electron chi connectivity index (χ0n) is 30.4. The first-order valence-corrected chi connectivity index (χ1v) is 17.8. The van der Waals surface area contributed by atoms with Crippen molar-refractivity contribution in [2.75, 3.05) is 13.6 Å². The molecule has 0 unspecified atom stereocenters. The summed E-state index contributed by atoms with van der Waals surface area (Å²) < 4.78 is 82.8. The standard InChI is InChI=1S/C43H41F5N2O5/c1-24-33(22-50(3)25(2)40(52)28-9-5-4-6-10-28)54-43(55-41(24)29-15-13-26(23-51)14-16-29)30-19-17-27(18-20-30)32-12-8-7-11-31(32)21-49-42(53)34-35(44)37(46)39(48)38(47)36(34)45/h4-20,24-25,33,40-41,43,51-52H,21-23H2,1-3H3,(H,49,53)/t24-,25+,33+,40+,41+,43+/m0/s1. The van der Waals surface area contributed by atoms with Gasteiger partial charge in [0.05, 0.1) is 24.9 Å². The van der Waals surface area contributed by atoms with Crippen LogP contribution in [0.15, 0.2) is 103 Å². The summed E-state index contributed by atoms with van der Waals surface area (Å²) in [5.41, 5.74) is 3.54. The molecule has 1 saturated heterocycles. The molecular weight excluding hydrogens is 719 g/mol. The molecule has 288 valence electrons. The Morgan fingerprint density at radius 3 is 2.00 bits per heavy atom. The van der Waals surface area contributed by atoms with Gasteiger partial charge in [0.2, 0.25) is 5.82 Å². The first-order valence-electron chi connectivity index (χ1n) is 17.8. The van der Waals surface area contributed by atoms with Crippen LogP contribution in [0.3, 0.4) is 0 Å². The number of carbonyl (C=O) groups excluding carboxylic acids is 1. The highest BCUT2D eigenvalue weighted by Gasteiger charge is 2.40. The number of hydrogen-bond acceptors (Lipinski definition) is 6. The van der Waals surface area contributed by atoms with E-state index in [2.05, 4.69) is 17.1 Å². The van der Waals surface area contributed by atoms with Crippen LogP contribution >= 0.6 is 0 Å². The maximum atomic E-state index is 14.3. The maximum Gasteiger partial charge on any atom is 0.257 e. The molecule has 1 aliphatic heterocycles. The van der Waals surface area contributed by atoms with E-state index in [1.54, 1.807) is 24.3 Å². The number of ether oxygens (including phenoxy) is 2. The van der Waals surface area contributed by atoms with Crippen LogP contribution in [0.2, 0.25) is 0 Å². The van der Waals surface area contributed by atoms with E-state index in [1.165, 1.54) is 0 Å². The lowest BCUT2D eigenvalue weighted by Gasteiger charge is -2.43. The molecule has 3 N–H and O–H groups in total. The fourth-order valence-electron chi connectivity index (χ4n) is 6.79. The lowest BCUT2D eigenvalue weighted by atomic mass is 9.89. The second-order valence-corrected chi connectivity index (χ2v) is 13.8. The van der Waals surface area contributed by atoms with E-state index in [9.17, 15) is 37.0 Å². The van der Waals surface area contributed by atoms with Gasteiger partial charge in [0.15, 0.2) is 29.6 Å². The number of benzene rings is 5. The van der Waals surface area contributed by atoms with Gasteiger partial charge in [0, 0.05) is 30.6 Å². The highest BCUT2D eigenvalue weighted by molar-refractivity contribution is 5.95. The largest absolute Gasteiger partial charge is 0.392 e. The van der Waals surface area contributed by atoms with Crippen molar-refractivity contribution in [2.45, 2.75) is 57.6 Å². The molecule has 0 aliphatic carbocycles. The molecule has 5 aromatic carbocycles. The van der Waals surface area contributed by atoms with Gasteiger partial charge in [-0.2, -0.15) is 0 Å². The quantitative estimate of drug-likeness (QED) is 0.0674. The van der Waals surface area contributed by atoms with Crippen molar-refractivity contribution in [2.24, 2.45) is 5.92 Å². The number of likely N-dealkylation sites (N-methyl/N-ethyl adjacent to an activating group) is 1. The maximum absolute atomic E-state index is 14.3. The topological polar surface area (TPSA) is 91.3 Å². The number of halogens is 5. The fourth-order valence-corrected chi connectivity index (χ4v) is 6.79. The summed E-state index contributed by atoms with van der Waals surface area (Å²) in [7, 11) is 1.94. The zero-order chi connectivity index (χ0) is 39.4. The number of aliphatic hydroxyl groups is 2. The van der Waals surface area contributed by atoms with Crippen LogP contribution in [0.1, 0.15) is 70.5 Å². The minimum Gasteiger partial charge on any atom is -0.392 e. The molecule has 0 saturated carbocycles. The molecular formula is C43H41F5N2O5. The molecule has 1 aliphatic rings. The Morgan fingerprint density at radius 1 is 0.782 bits per heavy atom. The average molecular weight is 761 g/mol. The summed E-state index contributed by atoms with van der Waals surface area (Å²) in [5, 5.41) is 23.0. The minimum atomic E-state index is -2.35. The average Bonchev–Trinajstić information content (AvgIpc) is 3.22. The number of aliphatic hydroxyl groups excluding tert-OH is 2. The second-order valence-electron chi connectivity index (χ2n) is 13.8. The summed E-state index contributed by atoms with van der Waals surface area (Å²) in [4.78, 5) is 14.7. The molecule has 1 fully saturated rings. The monoisotopic (exact) mass is 760 g/mol. The third kappa shape index (κ3) is 8.48. The van der Waals surface area contributed by atoms with Crippen LogP contribution in [-0.4, -0.2) is 46.8 Å². The molecule has 5 aromatic rings. The van der Waals surface area contributed by atoms with E-state index in [1.807, 2.05) is 92.8 Å². The number of rotatable bonds is 12. The van der Waals surface area contributed by atoms with E-state index in [0.29, 0.717) is 23.2 Å². The molecule has 0 radical (unpaired) electrons. The van der Waals surface area contributed by atoms with Gasteiger partial charge < -0.3 is 25.0 Å². The molecule has 1 heterocycles. The summed E-state index contributed by atoms with van der Waals surface area (Å²) >= 11 is 0. The van der Waals surface area contributed by atoms with Crippen molar-refractivity contribution in [1.29, 1.82) is 0 Å². The Bertz CT molecular complexity index is 2070. The molecule has 0 bridgehead atoms. The van der Waals surface area contributed by atoms with Crippen molar-refractivity contribution in [3.63, 3.8) is 0 Å². The van der Waals surface area contributed by atoms with Crippen LogP contribution < -0.4 is 5.32 Å². The van der Waals surface area contributed by atoms with Crippen LogP contribution in [0.4, 0.5) is 22.0 Å². The summed E-state index contributed by atoms with van der Waals surface area (Å²) in [5.74, 6) is -12.7. The van der Waals surface area contributed by atoms with E-state index in [-0.39, 0.29) is 37.3 Å². The molecule has 6 rings (SSSR count). The van der Waals surface area contributed by atoms with Gasteiger partial charge in [0.25, 0.3) is 5.91 Å². The van der Waals surface area contributed by atoms with Crippen molar-refractivity contribution < 1.29 is 46.4 Å². The highest BCUT2D eigenvalue weighted by atomic mass is 19.2. The smallest absolute Gasteiger partial charge is 0.257 e. The number of nitrogens with one attached hydrogen (secondary N) is 1. The number of carbonyl (C=O) groups is 1. The first-order chi connectivity index (χ1) is 26.4. The third-order valence-electron chi connectivity index (χ3n) is 10.3. The molecule has 12 heteroatoms. The summed E-state index contributed by atoms with van der Waals surface area (Å²) in [6, 6.07) is 31.0. The Balaban J connectivity index is 1.22. The van der Waals surface area contributed by atoms with Gasteiger partial charge in [0.1, 0.15) is 5.56 Å². The highest BCUT2D eigenvalue weighted by Crippen LogP contribution is 2.42. The van der Waals surface area contributed by atoms with Crippen LogP contribution in [-0.2, 0) is 22.6 Å². The van der Waals surface area contributed by atoms with Crippen LogP contribution in [0, 0.1) is 35.0 Å². The Hall–Kier alpha value is -4.98. The van der Waals surface area contributed by atoms with E-state index in [0.717, 1.165) is 22.3 Å². The van der Waals surface area contributed by atoms with Crippen molar-refractivity contribution in [3.05, 3.63) is 166 Å². The van der Waals surface area contributed by atoms with Gasteiger partial charge in [-0.3, -0.25) is 9.69 Å². The molecule has 55 heavy (non-hydrogen) atoms. The predicted octanol–water partition coefficient (Wildman–Crippen LogP) is 8.32. The SMILES string of the molecule is C[C@H]1[C@@H](CN(C)[C@H](C)[C@@H](O)c2ccccc2)O[C@@H](c2ccc(-c3ccccc3CNC(=O)c3c(F)c(F)c(F)c(F)c3F)cc2)O[C@H]1c1ccc(CO)cc1. The number of hydrogen-bond donors (Lipinski definition) is 3. The Kier molecular flexibility index (Phi) is 12.4. The summed E-state index contributed by atoms with van der Waals surface area (Å²) in [6.45, 7) is 4.15. The lowest BCUT2D eigenvalue weighted by molar-refractivity contribution is -0.276. The predicted molar refractivity (Wildman–Crippen MR) is 196 cm³/mol. The van der Waals surface area contributed by atoms with Gasteiger partial charge in [-0.25, -0.2) is 22.0 Å². The van der Waals surface area contributed by atoms with Crippen molar-refractivity contribution in [1.82, 2.24) is 10.2 Å². The Morgan fingerprint density at radius 2 is 1.36 bits per heavy atom. The summed E-state index contributed by atoms with van der Waals surface area (Å²) in [6.07, 6.45) is -2.20. The zero-order valence-corrected chi connectivity index (χ0v) is 30.4. The Labute approximate surface area is 316 Å². The molecule has 1 amide bonds. The van der Waals surface area contributed by atoms with Gasteiger partial charge in [-0.1, -0.05) is 110 Å². The van der Waals surface area contributed by atoms with Crippen molar-refractivity contribution >= 4 is 5.91 Å². The van der Waals surface area contributed by atoms with Gasteiger partial charge in [-0.15, -0.1) is 0 Å².